The quantitative estimate of drug-likeness (QED) is 0.579. The van der Waals surface area contributed by atoms with E-state index < -0.39 is 0 Å². The van der Waals surface area contributed by atoms with E-state index in [1.54, 1.807) is 26.4 Å². The first kappa shape index (κ1) is 13.2. The maximum Gasteiger partial charge on any atom is 0.305 e. The Morgan fingerprint density at radius 2 is 2.35 bits per heavy atom. The highest BCUT2D eigenvalue weighted by Gasteiger charge is 2.03. The molecule has 1 N–H and O–H groups in total. The van der Waals surface area contributed by atoms with Crippen LogP contribution in [0.3, 0.4) is 0 Å². The van der Waals surface area contributed by atoms with Gasteiger partial charge in [-0.2, -0.15) is 0 Å². The van der Waals surface area contributed by atoms with Crippen LogP contribution in [0.25, 0.3) is 0 Å². The minimum atomic E-state index is -0.219. The van der Waals surface area contributed by atoms with Crippen molar-refractivity contribution < 1.29 is 9.53 Å². The summed E-state index contributed by atoms with van der Waals surface area (Å²) in [6.07, 6.45) is 4.09. The largest absolute Gasteiger partial charge is 0.466 e. The summed E-state index contributed by atoms with van der Waals surface area (Å²) < 4.78 is 6.23. The van der Waals surface area contributed by atoms with Crippen LogP contribution in [0, 0.1) is 0 Å². The van der Waals surface area contributed by atoms with E-state index in [1.807, 2.05) is 0 Å². The first-order valence-corrected chi connectivity index (χ1v) is 5.56. The number of rotatable bonds is 6. The predicted octanol–water partition coefficient (Wildman–Crippen LogP) is 0.535. The highest BCUT2D eigenvalue weighted by molar-refractivity contribution is 5.69. The Morgan fingerprint density at radius 3 is 3.06 bits per heavy atom. The average molecular weight is 239 g/mol. The number of anilines is 1. The van der Waals surface area contributed by atoms with Gasteiger partial charge in [0.15, 0.2) is 5.82 Å². The second-order valence-electron chi connectivity index (χ2n) is 3.53. The van der Waals surface area contributed by atoms with Crippen molar-refractivity contribution in [2.24, 2.45) is 7.05 Å². The van der Waals surface area contributed by atoms with Crippen LogP contribution in [0.5, 0.6) is 0 Å². The molecule has 1 aromatic rings. The molecule has 0 aliphatic rings. The number of ether oxygens (including phenoxy) is 1. The van der Waals surface area contributed by atoms with Crippen molar-refractivity contribution in [2.45, 2.75) is 19.8 Å². The van der Waals surface area contributed by atoms with Crippen LogP contribution in [-0.4, -0.2) is 28.7 Å². The van der Waals surface area contributed by atoms with Gasteiger partial charge in [0.25, 0.3) is 5.56 Å². The van der Waals surface area contributed by atoms with E-state index in [4.69, 9.17) is 4.74 Å². The zero-order valence-corrected chi connectivity index (χ0v) is 10.1. The lowest BCUT2D eigenvalue weighted by Crippen LogP contribution is -2.22. The number of nitrogens with zero attached hydrogens (tertiary/aromatic N) is 2. The van der Waals surface area contributed by atoms with Crippen LogP contribution in [-0.2, 0) is 16.6 Å². The summed E-state index contributed by atoms with van der Waals surface area (Å²) >= 11 is 0. The first-order valence-electron chi connectivity index (χ1n) is 5.56. The molecule has 0 unspecified atom stereocenters. The third-order valence-electron chi connectivity index (χ3n) is 2.17. The van der Waals surface area contributed by atoms with Gasteiger partial charge in [0, 0.05) is 32.4 Å². The summed E-state index contributed by atoms with van der Waals surface area (Å²) in [5.41, 5.74) is -0.177. The number of hydrogen-bond donors (Lipinski definition) is 1. The smallest absolute Gasteiger partial charge is 0.305 e. The van der Waals surface area contributed by atoms with Crippen LogP contribution in [0.4, 0.5) is 5.82 Å². The summed E-state index contributed by atoms with van der Waals surface area (Å²) in [7, 11) is 1.66. The maximum atomic E-state index is 11.5. The Hall–Kier alpha value is -1.85. The van der Waals surface area contributed by atoms with E-state index in [0.717, 1.165) is 0 Å². The lowest BCUT2D eigenvalue weighted by Gasteiger charge is -2.05. The van der Waals surface area contributed by atoms with E-state index >= 15 is 0 Å². The van der Waals surface area contributed by atoms with Crippen LogP contribution >= 0.6 is 0 Å². The van der Waals surface area contributed by atoms with Gasteiger partial charge in [-0.25, -0.2) is 4.98 Å². The van der Waals surface area contributed by atoms with E-state index in [-0.39, 0.29) is 11.5 Å². The molecule has 0 saturated heterocycles. The van der Waals surface area contributed by atoms with Crippen LogP contribution in [0.2, 0.25) is 0 Å². The second kappa shape index (κ2) is 6.67. The van der Waals surface area contributed by atoms with Gasteiger partial charge < -0.3 is 14.6 Å². The van der Waals surface area contributed by atoms with Gasteiger partial charge >= 0.3 is 5.97 Å². The Labute approximate surface area is 99.6 Å². The number of carbonyl (C=O) groups is 1. The molecule has 0 bridgehead atoms. The normalized spacial score (nSPS) is 10.0. The molecule has 17 heavy (non-hydrogen) atoms. The van der Waals surface area contributed by atoms with Gasteiger partial charge in [0.05, 0.1) is 6.61 Å². The molecule has 1 aromatic heterocycles. The van der Waals surface area contributed by atoms with Crippen molar-refractivity contribution in [1.82, 2.24) is 9.55 Å². The number of esters is 1. The fourth-order valence-corrected chi connectivity index (χ4v) is 1.29. The number of hydrogen-bond acceptors (Lipinski definition) is 5. The summed E-state index contributed by atoms with van der Waals surface area (Å²) in [6, 6.07) is 0. The molecule has 0 radical (unpaired) electrons. The fraction of sp³-hybridized carbons (Fsp3) is 0.545. The molecule has 6 nitrogen and oxygen atoms in total. The van der Waals surface area contributed by atoms with Gasteiger partial charge in [0.2, 0.25) is 0 Å². The zero-order chi connectivity index (χ0) is 12.7. The van der Waals surface area contributed by atoms with Gasteiger partial charge in [0.1, 0.15) is 0 Å². The Kier molecular flexibility index (Phi) is 5.19. The zero-order valence-electron chi connectivity index (χ0n) is 10.1. The maximum absolute atomic E-state index is 11.5. The Balaban J connectivity index is 2.34. The van der Waals surface area contributed by atoms with Crippen LogP contribution in [0.15, 0.2) is 17.2 Å². The van der Waals surface area contributed by atoms with Crippen LogP contribution < -0.4 is 10.9 Å². The van der Waals surface area contributed by atoms with E-state index in [1.165, 1.54) is 4.57 Å². The molecule has 1 heterocycles. The van der Waals surface area contributed by atoms with Gasteiger partial charge in [-0.1, -0.05) is 0 Å². The topological polar surface area (TPSA) is 73.2 Å². The molecule has 0 saturated carbocycles. The Morgan fingerprint density at radius 1 is 1.59 bits per heavy atom. The van der Waals surface area contributed by atoms with Crippen molar-refractivity contribution in [2.75, 3.05) is 18.5 Å². The fourth-order valence-electron chi connectivity index (χ4n) is 1.29. The van der Waals surface area contributed by atoms with Gasteiger partial charge in [-0.15, -0.1) is 0 Å². The molecule has 0 aromatic carbocycles. The van der Waals surface area contributed by atoms with E-state index in [0.29, 0.717) is 31.8 Å². The lowest BCUT2D eigenvalue weighted by atomic mass is 10.3. The number of aryl methyl sites for hydroxylation is 1. The molecule has 1 rings (SSSR count). The minimum Gasteiger partial charge on any atom is -0.466 e. The number of aromatic nitrogens is 2. The van der Waals surface area contributed by atoms with Gasteiger partial charge in [-0.05, 0) is 13.3 Å². The van der Waals surface area contributed by atoms with Crippen molar-refractivity contribution in [3.05, 3.63) is 22.7 Å². The monoisotopic (exact) mass is 239 g/mol. The molecule has 0 fully saturated rings. The molecule has 0 amide bonds. The predicted molar refractivity (Wildman–Crippen MR) is 63.8 cm³/mol. The highest BCUT2D eigenvalue weighted by atomic mass is 16.5. The van der Waals surface area contributed by atoms with Crippen molar-refractivity contribution in [3.8, 4) is 0 Å². The molecular formula is C11H17N3O3. The van der Waals surface area contributed by atoms with Crippen molar-refractivity contribution in [3.63, 3.8) is 0 Å². The lowest BCUT2D eigenvalue weighted by molar-refractivity contribution is -0.143. The standard InChI is InChI=1S/C11H17N3O3/c1-3-17-9(15)5-4-6-12-10-11(16)14(2)8-7-13-10/h7-8H,3-6H2,1-2H3,(H,12,13). The third-order valence-corrected chi connectivity index (χ3v) is 2.17. The molecule has 0 aliphatic carbocycles. The highest BCUT2D eigenvalue weighted by Crippen LogP contribution is 1.96. The van der Waals surface area contributed by atoms with Crippen molar-refractivity contribution in [1.29, 1.82) is 0 Å². The Bertz CT molecular complexity index is 428. The average Bonchev–Trinajstić information content (AvgIpc) is 2.30. The molecule has 0 spiro atoms. The van der Waals surface area contributed by atoms with Gasteiger partial charge in [-0.3, -0.25) is 9.59 Å². The summed E-state index contributed by atoms with van der Waals surface area (Å²) in [5, 5.41) is 2.90. The summed E-state index contributed by atoms with van der Waals surface area (Å²) in [4.78, 5) is 26.5. The number of nitrogens with one attached hydrogen (secondary N) is 1. The third kappa shape index (κ3) is 4.26. The molecule has 6 heteroatoms. The molecule has 0 aliphatic heterocycles. The van der Waals surface area contributed by atoms with E-state index in [9.17, 15) is 9.59 Å². The molecule has 0 atom stereocenters. The SMILES string of the molecule is CCOC(=O)CCCNc1nccn(C)c1=O. The van der Waals surface area contributed by atoms with E-state index in [2.05, 4.69) is 10.3 Å². The van der Waals surface area contributed by atoms with Crippen molar-refractivity contribution >= 4 is 11.8 Å². The van der Waals surface area contributed by atoms with Crippen LogP contribution in [0.1, 0.15) is 19.8 Å². The molecular weight excluding hydrogens is 222 g/mol. The second-order valence-corrected chi connectivity index (χ2v) is 3.53. The summed E-state index contributed by atoms with van der Waals surface area (Å²) in [5.74, 6) is 0.0853. The first-order chi connectivity index (χ1) is 8.15. The summed E-state index contributed by atoms with van der Waals surface area (Å²) in [6.45, 7) is 2.69. The number of carbonyl (C=O) groups excluding carboxylic acids is 1. The minimum absolute atomic E-state index is 0.177. The molecule has 94 valence electrons.